The van der Waals surface area contributed by atoms with Crippen LogP contribution in [0.25, 0.3) is 0 Å². The van der Waals surface area contributed by atoms with Gasteiger partial charge in [0.05, 0.1) is 6.10 Å². The van der Waals surface area contributed by atoms with Crippen molar-refractivity contribution in [2.75, 3.05) is 13.1 Å². The second-order valence-corrected chi connectivity index (χ2v) is 4.78. The highest BCUT2D eigenvalue weighted by Crippen LogP contribution is 2.19. The van der Waals surface area contributed by atoms with Crippen molar-refractivity contribution >= 4 is 5.91 Å². The van der Waals surface area contributed by atoms with Crippen LogP contribution in [0.5, 0.6) is 0 Å². The third-order valence-electron chi connectivity index (χ3n) is 3.51. The molecule has 1 fully saturated rings. The van der Waals surface area contributed by atoms with Crippen molar-refractivity contribution in [3.63, 3.8) is 0 Å². The van der Waals surface area contributed by atoms with E-state index in [0.717, 1.165) is 25.8 Å². The van der Waals surface area contributed by atoms with Gasteiger partial charge < -0.3 is 10.0 Å². The van der Waals surface area contributed by atoms with E-state index in [1.54, 1.807) is 0 Å². The molecule has 3 heteroatoms. The predicted octanol–water partition coefficient (Wildman–Crippen LogP) is 1.65. The SMILES string of the molecule is CCC(C)C(O)CN1CCCC(C)C1=O. The summed E-state index contributed by atoms with van der Waals surface area (Å²) in [6, 6.07) is 0. The highest BCUT2D eigenvalue weighted by atomic mass is 16.3. The zero-order valence-electron chi connectivity index (χ0n) is 10.1. The van der Waals surface area contributed by atoms with Crippen LogP contribution in [0.4, 0.5) is 0 Å². The molecule has 0 aromatic rings. The number of carbonyl (C=O) groups is 1. The van der Waals surface area contributed by atoms with Crippen LogP contribution in [0.2, 0.25) is 0 Å². The molecule has 0 aromatic carbocycles. The van der Waals surface area contributed by atoms with E-state index in [2.05, 4.69) is 6.92 Å². The summed E-state index contributed by atoms with van der Waals surface area (Å²) in [6.07, 6.45) is 2.65. The normalized spacial score (nSPS) is 26.5. The highest BCUT2D eigenvalue weighted by molar-refractivity contribution is 5.79. The van der Waals surface area contributed by atoms with Crippen LogP contribution in [0.3, 0.4) is 0 Å². The van der Waals surface area contributed by atoms with Crippen molar-refractivity contribution in [3.05, 3.63) is 0 Å². The second kappa shape index (κ2) is 5.50. The van der Waals surface area contributed by atoms with Gasteiger partial charge in [-0.3, -0.25) is 4.79 Å². The van der Waals surface area contributed by atoms with E-state index < -0.39 is 0 Å². The first-order valence-electron chi connectivity index (χ1n) is 6.03. The van der Waals surface area contributed by atoms with Crippen molar-refractivity contribution in [1.29, 1.82) is 0 Å². The molecule has 3 nitrogen and oxygen atoms in total. The maximum atomic E-state index is 11.8. The molecule has 0 saturated carbocycles. The van der Waals surface area contributed by atoms with Gasteiger partial charge in [0, 0.05) is 19.0 Å². The molecular weight excluding hydrogens is 190 g/mol. The standard InChI is InChI=1S/C12H23NO2/c1-4-9(2)11(14)8-13-7-5-6-10(3)12(13)15/h9-11,14H,4-8H2,1-3H3. The Morgan fingerprint density at radius 3 is 2.87 bits per heavy atom. The minimum Gasteiger partial charge on any atom is -0.391 e. The molecule has 0 aromatic heterocycles. The maximum absolute atomic E-state index is 11.8. The van der Waals surface area contributed by atoms with Gasteiger partial charge in [-0.05, 0) is 18.8 Å². The van der Waals surface area contributed by atoms with E-state index in [4.69, 9.17) is 0 Å². The molecule has 0 radical (unpaired) electrons. The Balaban J connectivity index is 2.46. The second-order valence-electron chi connectivity index (χ2n) is 4.78. The summed E-state index contributed by atoms with van der Waals surface area (Å²) in [5.74, 6) is 0.626. The quantitative estimate of drug-likeness (QED) is 0.771. The molecule has 3 unspecified atom stereocenters. The van der Waals surface area contributed by atoms with E-state index in [9.17, 15) is 9.90 Å². The molecule has 1 heterocycles. The lowest BCUT2D eigenvalue weighted by Crippen LogP contribution is -2.45. The largest absolute Gasteiger partial charge is 0.391 e. The fourth-order valence-electron chi connectivity index (χ4n) is 1.99. The van der Waals surface area contributed by atoms with Gasteiger partial charge in [0.25, 0.3) is 0 Å². The monoisotopic (exact) mass is 213 g/mol. The molecule has 3 atom stereocenters. The van der Waals surface area contributed by atoms with Crippen LogP contribution < -0.4 is 0 Å². The van der Waals surface area contributed by atoms with E-state index in [0.29, 0.717) is 6.54 Å². The van der Waals surface area contributed by atoms with Crippen molar-refractivity contribution < 1.29 is 9.90 Å². The topological polar surface area (TPSA) is 40.5 Å². The third kappa shape index (κ3) is 3.20. The van der Waals surface area contributed by atoms with Crippen LogP contribution in [0.1, 0.15) is 40.0 Å². The Hall–Kier alpha value is -0.570. The first-order chi connectivity index (χ1) is 7.06. The van der Waals surface area contributed by atoms with Gasteiger partial charge in [-0.2, -0.15) is 0 Å². The smallest absolute Gasteiger partial charge is 0.225 e. The summed E-state index contributed by atoms with van der Waals surface area (Å²) < 4.78 is 0. The van der Waals surface area contributed by atoms with E-state index in [1.807, 2.05) is 18.7 Å². The Morgan fingerprint density at radius 1 is 1.60 bits per heavy atom. The molecular formula is C12H23NO2. The summed E-state index contributed by atoms with van der Waals surface area (Å²) in [5, 5.41) is 9.88. The maximum Gasteiger partial charge on any atom is 0.225 e. The number of likely N-dealkylation sites (tertiary alicyclic amines) is 1. The Labute approximate surface area is 92.5 Å². The predicted molar refractivity (Wildman–Crippen MR) is 60.4 cm³/mol. The first-order valence-corrected chi connectivity index (χ1v) is 6.03. The van der Waals surface area contributed by atoms with Gasteiger partial charge in [0.15, 0.2) is 0 Å². The Bertz CT molecular complexity index is 218. The van der Waals surface area contributed by atoms with Crippen LogP contribution >= 0.6 is 0 Å². The summed E-state index contributed by atoms with van der Waals surface area (Å²) in [6.45, 7) is 7.40. The number of aliphatic hydroxyl groups is 1. The molecule has 1 rings (SSSR count). The molecule has 88 valence electrons. The van der Waals surface area contributed by atoms with Gasteiger partial charge in [0.1, 0.15) is 0 Å². The summed E-state index contributed by atoms with van der Waals surface area (Å²) in [5.41, 5.74) is 0. The number of carbonyl (C=O) groups excluding carboxylic acids is 1. The minimum absolute atomic E-state index is 0.142. The number of rotatable bonds is 4. The Kier molecular flexibility index (Phi) is 4.58. The third-order valence-corrected chi connectivity index (χ3v) is 3.51. The van der Waals surface area contributed by atoms with Crippen molar-refractivity contribution in [2.24, 2.45) is 11.8 Å². The van der Waals surface area contributed by atoms with Gasteiger partial charge in [-0.15, -0.1) is 0 Å². The van der Waals surface area contributed by atoms with Crippen LogP contribution in [0.15, 0.2) is 0 Å². The number of hydrogen-bond donors (Lipinski definition) is 1. The van der Waals surface area contributed by atoms with Gasteiger partial charge in [-0.25, -0.2) is 0 Å². The van der Waals surface area contributed by atoms with Crippen LogP contribution in [-0.2, 0) is 4.79 Å². The van der Waals surface area contributed by atoms with Crippen molar-refractivity contribution in [1.82, 2.24) is 4.90 Å². The molecule has 1 aliphatic rings. The van der Waals surface area contributed by atoms with Gasteiger partial charge in [0.2, 0.25) is 5.91 Å². The molecule has 0 aliphatic carbocycles. The zero-order valence-corrected chi connectivity index (χ0v) is 10.1. The van der Waals surface area contributed by atoms with Gasteiger partial charge in [-0.1, -0.05) is 27.2 Å². The highest BCUT2D eigenvalue weighted by Gasteiger charge is 2.27. The fraction of sp³-hybridized carbons (Fsp3) is 0.917. The molecule has 0 bridgehead atoms. The summed E-state index contributed by atoms with van der Waals surface area (Å²) in [7, 11) is 0. The van der Waals surface area contributed by atoms with Crippen molar-refractivity contribution in [3.8, 4) is 0 Å². The zero-order chi connectivity index (χ0) is 11.4. The molecule has 0 spiro atoms. The number of piperidine rings is 1. The van der Waals surface area contributed by atoms with Crippen LogP contribution in [-0.4, -0.2) is 35.1 Å². The van der Waals surface area contributed by atoms with Crippen molar-refractivity contribution in [2.45, 2.75) is 46.1 Å². The van der Waals surface area contributed by atoms with Gasteiger partial charge >= 0.3 is 0 Å². The number of amides is 1. The number of hydrogen-bond acceptors (Lipinski definition) is 2. The first kappa shape index (κ1) is 12.5. The molecule has 1 N–H and O–H groups in total. The molecule has 1 saturated heterocycles. The van der Waals surface area contributed by atoms with E-state index >= 15 is 0 Å². The summed E-state index contributed by atoms with van der Waals surface area (Å²) in [4.78, 5) is 13.6. The lowest BCUT2D eigenvalue weighted by molar-refractivity contribution is -0.139. The Morgan fingerprint density at radius 2 is 2.27 bits per heavy atom. The molecule has 1 amide bonds. The average molecular weight is 213 g/mol. The van der Waals surface area contributed by atoms with E-state index in [1.165, 1.54) is 0 Å². The number of nitrogens with zero attached hydrogens (tertiary/aromatic N) is 1. The summed E-state index contributed by atoms with van der Waals surface area (Å²) >= 11 is 0. The fourth-order valence-corrected chi connectivity index (χ4v) is 1.99. The number of aliphatic hydroxyl groups excluding tert-OH is 1. The molecule has 15 heavy (non-hydrogen) atoms. The average Bonchev–Trinajstić information content (AvgIpc) is 2.23. The lowest BCUT2D eigenvalue weighted by atomic mass is 9.96. The van der Waals surface area contributed by atoms with Crippen LogP contribution in [0, 0.1) is 11.8 Å². The number of β-amino-alcohol motifs (C(OH)–C–C–N with tert-alkyl or cyclic N) is 1. The minimum atomic E-state index is -0.371. The lowest BCUT2D eigenvalue weighted by Gasteiger charge is -2.33. The van der Waals surface area contributed by atoms with E-state index in [-0.39, 0.29) is 23.8 Å². The molecule has 1 aliphatic heterocycles.